The first-order valence-corrected chi connectivity index (χ1v) is 7.60. The van der Waals surface area contributed by atoms with E-state index >= 15 is 0 Å². The van der Waals surface area contributed by atoms with Gasteiger partial charge in [-0.05, 0) is 53.1 Å². The van der Waals surface area contributed by atoms with Gasteiger partial charge in [-0.1, -0.05) is 25.7 Å². The van der Waals surface area contributed by atoms with Crippen LogP contribution in [0.4, 0.5) is 0 Å². The molecule has 1 aliphatic heterocycles. The van der Waals surface area contributed by atoms with Crippen LogP contribution in [0.3, 0.4) is 0 Å². The predicted molar refractivity (Wildman–Crippen MR) is 74.4 cm³/mol. The number of hydrogen-bond acceptors (Lipinski definition) is 2. The summed E-state index contributed by atoms with van der Waals surface area (Å²) >= 11 is 0. The smallest absolute Gasteiger partial charge is 0.0309 e. The average Bonchev–Trinajstić information content (AvgIpc) is 2.57. The Balaban J connectivity index is 2.06. The molecule has 1 aliphatic carbocycles. The molecular weight excluding hydrogens is 208 g/mol. The highest BCUT2D eigenvalue weighted by molar-refractivity contribution is 4.99. The van der Waals surface area contributed by atoms with Crippen LogP contribution in [0.25, 0.3) is 0 Å². The highest BCUT2D eigenvalue weighted by atomic mass is 15.3. The van der Waals surface area contributed by atoms with E-state index in [9.17, 15) is 0 Å². The van der Waals surface area contributed by atoms with Crippen LogP contribution in [0.15, 0.2) is 0 Å². The monoisotopic (exact) mass is 238 g/mol. The molecule has 1 N–H and O–H groups in total. The molecule has 1 unspecified atom stereocenters. The number of likely N-dealkylation sites (N-methyl/N-ethyl adjacent to an activating group) is 1. The average molecular weight is 238 g/mol. The quantitative estimate of drug-likeness (QED) is 0.743. The Morgan fingerprint density at radius 2 is 1.59 bits per heavy atom. The van der Waals surface area contributed by atoms with Crippen LogP contribution in [0, 0.1) is 0 Å². The zero-order valence-electron chi connectivity index (χ0n) is 12.0. The van der Waals surface area contributed by atoms with Crippen LogP contribution in [0.1, 0.15) is 65.2 Å². The van der Waals surface area contributed by atoms with E-state index in [2.05, 4.69) is 31.1 Å². The molecule has 0 spiro atoms. The standard InChI is InChI=1S/C15H30N2/c1-15(2)14(16-3)11-8-12-17(15)13-9-6-4-5-7-10-13/h13-14,16H,4-12H2,1-3H3. The number of nitrogens with one attached hydrogen (secondary N) is 1. The van der Waals surface area contributed by atoms with Crippen molar-refractivity contribution in [1.82, 2.24) is 10.2 Å². The van der Waals surface area contributed by atoms with Gasteiger partial charge in [0.25, 0.3) is 0 Å². The molecular formula is C15H30N2. The molecule has 0 bridgehead atoms. The van der Waals surface area contributed by atoms with Crippen molar-refractivity contribution in [3.8, 4) is 0 Å². The van der Waals surface area contributed by atoms with Gasteiger partial charge in [0.15, 0.2) is 0 Å². The summed E-state index contributed by atoms with van der Waals surface area (Å²) in [4.78, 5) is 2.82. The minimum atomic E-state index is 0.335. The summed E-state index contributed by atoms with van der Waals surface area (Å²) in [5.74, 6) is 0. The van der Waals surface area contributed by atoms with Crippen molar-refractivity contribution < 1.29 is 0 Å². The van der Waals surface area contributed by atoms with Crippen molar-refractivity contribution in [2.24, 2.45) is 0 Å². The van der Waals surface area contributed by atoms with Crippen molar-refractivity contribution in [2.45, 2.75) is 82.8 Å². The summed E-state index contributed by atoms with van der Waals surface area (Å²) in [5, 5.41) is 3.54. The molecule has 0 radical (unpaired) electrons. The molecule has 0 amide bonds. The molecule has 0 aromatic heterocycles. The van der Waals surface area contributed by atoms with Gasteiger partial charge in [-0.15, -0.1) is 0 Å². The Morgan fingerprint density at radius 1 is 0.941 bits per heavy atom. The highest BCUT2D eigenvalue weighted by Gasteiger charge is 2.40. The summed E-state index contributed by atoms with van der Waals surface area (Å²) in [7, 11) is 2.13. The molecule has 0 aromatic carbocycles. The predicted octanol–water partition coefficient (Wildman–Crippen LogP) is 3.17. The van der Waals surface area contributed by atoms with E-state index < -0.39 is 0 Å². The van der Waals surface area contributed by atoms with Gasteiger partial charge in [0, 0.05) is 17.6 Å². The molecule has 0 aromatic rings. The topological polar surface area (TPSA) is 15.3 Å². The van der Waals surface area contributed by atoms with Crippen molar-refractivity contribution in [2.75, 3.05) is 13.6 Å². The molecule has 2 rings (SSSR count). The van der Waals surface area contributed by atoms with Crippen LogP contribution >= 0.6 is 0 Å². The maximum absolute atomic E-state index is 3.54. The number of rotatable bonds is 2. The summed E-state index contributed by atoms with van der Waals surface area (Å²) in [6.45, 7) is 6.20. The molecule has 1 heterocycles. The Labute approximate surface area is 107 Å². The Bertz CT molecular complexity index is 229. The first-order valence-electron chi connectivity index (χ1n) is 7.60. The lowest BCUT2D eigenvalue weighted by Gasteiger charge is -2.51. The van der Waals surface area contributed by atoms with Gasteiger partial charge in [0.1, 0.15) is 0 Å². The zero-order valence-corrected chi connectivity index (χ0v) is 12.0. The fraction of sp³-hybridized carbons (Fsp3) is 1.00. The SMILES string of the molecule is CNC1CCCN(C2CCCCCC2)C1(C)C. The van der Waals surface area contributed by atoms with Gasteiger partial charge in [-0.2, -0.15) is 0 Å². The molecule has 2 heteroatoms. The lowest BCUT2D eigenvalue weighted by Crippen LogP contribution is -2.63. The van der Waals surface area contributed by atoms with Gasteiger partial charge in [-0.3, -0.25) is 4.90 Å². The number of nitrogens with zero attached hydrogens (tertiary/aromatic N) is 1. The van der Waals surface area contributed by atoms with Crippen LogP contribution in [0.2, 0.25) is 0 Å². The van der Waals surface area contributed by atoms with E-state index in [-0.39, 0.29) is 0 Å². The van der Waals surface area contributed by atoms with Gasteiger partial charge < -0.3 is 5.32 Å². The first kappa shape index (κ1) is 13.4. The lowest BCUT2D eigenvalue weighted by molar-refractivity contribution is 0.00279. The molecule has 2 fully saturated rings. The van der Waals surface area contributed by atoms with E-state index in [0.717, 1.165) is 6.04 Å². The number of likely N-dealkylation sites (tertiary alicyclic amines) is 1. The maximum atomic E-state index is 3.54. The molecule has 1 saturated carbocycles. The molecule has 1 atom stereocenters. The lowest BCUT2D eigenvalue weighted by atomic mass is 9.82. The van der Waals surface area contributed by atoms with Crippen LogP contribution < -0.4 is 5.32 Å². The van der Waals surface area contributed by atoms with Crippen molar-refractivity contribution in [1.29, 1.82) is 0 Å². The van der Waals surface area contributed by atoms with Gasteiger partial charge in [-0.25, -0.2) is 0 Å². The Kier molecular flexibility index (Phi) is 4.48. The zero-order chi connectivity index (χ0) is 12.3. The number of hydrogen-bond donors (Lipinski definition) is 1. The Morgan fingerprint density at radius 3 is 2.18 bits per heavy atom. The minimum absolute atomic E-state index is 0.335. The summed E-state index contributed by atoms with van der Waals surface area (Å²) in [6, 6.07) is 1.52. The fourth-order valence-electron chi connectivity index (χ4n) is 4.03. The third-order valence-corrected chi connectivity index (χ3v) is 5.10. The Hall–Kier alpha value is -0.0800. The third kappa shape index (κ3) is 2.85. The first-order chi connectivity index (χ1) is 8.16. The fourth-order valence-corrected chi connectivity index (χ4v) is 4.03. The maximum Gasteiger partial charge on any atom is 0.0309 e. The number of piperidine rings is 1. The van der Waals surface area contributed by atoms with Crippen molar-refractivity contribution >= 4 is 0 Å². The van der Waals surface area contributed by atoms with Crippen LogP contribution in [-0.2, 0) is 0 Å². The van der Waals surface area contributed by atoms with E-state index in [1.54, 1.807) is 0 Å². The van der Waals surface area contributed by atoms with E-state index in [4.69, 9.17) is 0 Å². The summed E-state index contributed by atoms with van der Waals surface area (Å²) in [6.07, 6.45) is 11.4. The molecule has 17 heavy (non-hydrogen) atoms. The second-order valence-electron chi connectivity index (χ2n) is 6.48. The summed E-state index contributed by atoms with van der Waals surface area (Å²) < 4.78 is 0. The van der Waals surface area contributed by atoms with Gasteiger partial charge in [0.2, 0.25) is 0 Å². The van der Waals surface area contributed by atoms with E-state index in [1.165, 1.54) is 57.9 Å². The van der Waals surface area contributed by atoms with Gasteiger partial charge in [0.05, 0.1) is 0 Å². The van der Waals surface area contributed by atoms with Crippen LogP contribution in [-0.4, -0.2) is 36.1 Å². The summed E-state index contributed by atoms with van der Waals surface area (Å²) in [5.41, 5.74) is 0.335. The van der Waals surface area contributed by atoms with Crippen molar-refractivity contribution in [3.63, 3.8) is 0 Å². The molecule has 2 aliphatic rings. The molecule has 2 nitrogen and oxygen atoms in total. The third-order valence-electron chi connectivity index (χ3n) is 5.10. The minimum Gasteiger partial charge on any atom is -0.315 e. The molecule has 100 valence electrons. The van der Waals surface area contributed by atoms with E-state index in [1.807, 2.05) is 0 Å². The molecule has 1 saturated heterocycles. The van der Waals surface area contributed by atoms with Crippen molar-refractivity contribution in [3.05, 3.63) is 0 Å². The normalized spacial score (nSPS) is 32.3. The van der Waals surface area contributed by atoms with E-state index in [0.29, 0.717) is 11.6 Å². The largest absolute Gasteiger partial charge is 0.315 e. The van der Waals surface area contributed by atoms with Crippen LogP contribution in [0.5, 0.6) is 0 Å². The second-order valence-corrected chi connectivity index (χ2v) is 6.48. The second kappa shape index (κ2) is 5.71. The van der Waals surface area contributed by atoms with Gasteiger partial charge >= 0.3 is 0 Å². The highest BCUT2D eigenvalue weighted by Crippen LogP contribution is 2.34.